The molecule has 0 N–H and O–H groups in total. The third-order valence-corrected chi connectivity index (χ3v) is 1.28. The molecular weight excluding hydrogens is 176 g/mol. The van der Waals surface area contributed by atoms with E-state index in [0.29, 0.717) is 6.61 Å². The summed E-state index contributed by atoms with van der Waals surface area (Å²) in [6.45, 7) is 7.48. The molecule has 0 aromatic carbocycles. The number of ether oxygens (including phenoxy) is 1. The maximum absolute atomic E-state index is 4.95. The molecule has 0 saturated heterocycles. The van der Waals surface area contributed by atoms with Gasteiger partial charge in [-0.2, -0.15) is 0 Å². The largest absolute Gasteiger partial charge is 0.494 e. The number of nitrogens with zero attached hydrogens (tertiary/aromatic N) is 2. The van der Waals surface area contributed by atoms with Crippen LogP contribution in [0.1, 0.15) is 5.82 Å². The summed E-state index contributed by atoms with van der Waals surface area (Å²) < 4.78 is 6.75. The lowest BCUT2D eigenvalue weighted by Crippen LogP contribution is -1.96. The number of imidazole rings is 1. The summed E-state index contributed by atoms with van der Waals surface area (Å²) in [6.07, 6.45) is 6.58. The SMILES string of the molecule is C=COCc1nccn1C=C.Cl. The molecule has 0 aliphatic rings. The molecule has 0 fully saturated rings. The van der Waals surface area contributed by atoms with Gasteiger partial charge < -0.3 is 9.30 Å². The Labute approximate surface area is 77.8 Å². The van der Waals surface area contributed by atoms with Crippen LogP contribution in [0.3, 0.4) is 0 Å². The topological polar surface area (TPSA) is 27.1 Å². The normalized spacial score (nSPS) is 8.33. The van der Waals surface area contributed by atoms with E-state index in [4.69, 9.17) is 4.74 Å². The number of halogens is 1. The lowest BCUT2D eigenvalue weighted by atomic mass is 10.6. The fourth-order valence-corrected chi connectivity index (χ4v) is 0.755. The van der Waals surface area contributed by atoms with E-state index >= 15 is 0 Å². The van der Waals surface area contributed by atoms with Crippen LogP contribution in [-0.2, 0) is 11.3 Å². The molecule has 0 radical (unpaired) electrons. The quantitative estimate of drug-likeness (QED) is 0.674. The molecule has 0 unspecified atom stereocenters. The minimum absolute atomic E-state index is 0. The molecule has 1 rings (SSSR count). The van der Waals surface area contributed by atoms with Gasteiger partial charge in [-0.15, -0.1) is 12.4 Å². The van der Waals surface area contributed by atoms with Crippen molar-refractivity contribution in [3.05, 3.63) is 37.6 Å². The zero-order valence-corrected chi connectivity index (χ0v) is 7.46. The molecule has 0 saturated carbocycles. The van der Waals surface area contributed by atoms with Gasteiger partial charge in [0.1, 0.15) is 6.61 Å². The van der Waals surface area contributed by atoms with E-state index in [1.54, 1.807) is 17.0 Å². The molecule has 0 atom stereocenters. The van der Waals surface area contributed by atoms with Crippen LogP contribution in [0.25, 0.3) is 6.20 Å². The van der Waals surface area contributed by atoms with Gasteiger partial charge >= 0.3 is 0 Å². The molecule has 1 aromatic rings. The third-order valence-electron chi connectivity index (χ3n) is 1.28. The van der Waals surface area contributed by atoms with E-state index in [-0.39, 0.29) is 12.4 Å². The van der Waals surface area contributed by atoms with Gasteiger partial charge in [0, 0.05) is 18.6 Å². The van der Waals surface area contributed by atoms with Crippen molar-refractivity contribution in [2.24, 2.45) is 0 Å². The molecule has 4 heteroatoms. The van der Waals surface area contributed by atoms with Crippen LogP contribution in [0.4, 0.5) is 0 Å². The van der Waals surface area contributed by atoms with Crippen LogP contribution >= 0.6 is 12.4 Å². The minimum atomic E-state index is 0. The third kappa shape index (κ3) is 2.43. The number of rotatable bonds is 4. The smallest absolute Gasteiger partial charge is 0.150 e. The highest BCUT2D eigenvalue weighted by atomic mass is 35.5. The molecule has 1 aromatic heterocycles. The number of hydrogen-bond donors (Lipinski definition) is 0. The summed E-state index contributed by atoms with van der Waals surface area (Å²) in [6, 6.07) is 0. The summed E-state index contributed by atoms with van der Waals surface area (Å²) in [5, 5.41) is 0. The van der Waals surface area contributed by atoms with E-state index in [9.17, 15) is 0 Å². The second kappa shape index (κ2) is 5.43. The van der Waals surface area contributed by atoms with E-state index in [1.165, 1.54) is 6.26 Å². The molecule has 1 heterocycles. The molecule has 0 amide bonds. The second-order valence-corrected chi connectivity index (χ2v) is 1.91. The van der Waals surface area contributed by atoms with Gasteiger partial charge in [0.2, 0.25) is 0 Å². The van der Waals surface area contributed by atoms with E-state index in [0.717, 1.165) is 5.82 Å². The van der Waals surface area contributed by atoms with Gasteiger partial charge in [0.15, 0.2) is 5.82 Å². The van der Waals surface area contributed by atoms with Crippen molar-refractivity contribution in [1.29, 1.82) is 0 Å². The first-order chi connectivity index (χ1) is 5.38. The summed E-state index contributed by atoms with van der Waals surface area (Å²) in [5.74, 6) is 0.819. The average Bonchev–Trinajstić information content (AvgIpc) is 2.47. The molecule has 0 aliphatic heterocycles. The molecule has 3 nitrogen and oxygen atoms in total. The Balaban J connectivity index is 0.00000121. The Bertz CT molecular complexity index is 257. The van der Waals surface area contributed by atoms with E-state index < -0.39 is 0 Å². The van der Waals surface area contributed by atoms with Crippen LogP contribution in [0.2, 0.25) is 0 Å². The number of aromatic nitrogens is 2. The van der Waals surface area contributed by atoms with Crippen molar-refractivity contribution in [3.63, 3.8) is 0 Å². The Kier molecular flexibility index (Phi) is 4.88. The van der Waals surface area contributed by atoms with E-state index in [2.05, 4.69) is 18.1 Å². The summed E-state index contributed by atoms with van der Waals surface area (Å²) in [7, 11) is 0. The lowest BCUT2D eigenvalue weighted by Gasteiger charge is -2.00. The summed E-state index contributed by atoms with van der Waals surface area (Å²) in [5.41, 5.74) is 0. The first-order valence-corrected chi connectivity index (χ1v) is 3.25. The maximum atomic E-state index is 4.95. The predicted molar refractivity (Wildman–Crippen MR) is 50.8 cm³/mol. The van der Waals surface area contributed by atoms with Crippen LogP contribution in [0.15, 0.2) is 31.8 Å². The first kappa shape index (κ1) is 10.8. The van der Waals surface area contributed by atoms with Crippen LogP contribution in [0, 0.1) is 0 Å². The minimum Gasteiger partial charge on any atom is -0.494 e. The van der Waals surface area contributed by atoms with Crippen molar-refractivity contribution >= 4 is 18.6 Å². The zero-order valence-electron chi connectivity index (χ0n) is 6.64. The Morgan fingerprint density at radius 1 is 1.58 bits per heavy atom. The Morgan fingerprint density at radius 2 is 2.33 bits per heavy atom. The fraction of sp³-hybridized carbons (Fsp3) is 0.125. The first-order valence-electron chi connectivity index (χ1n) is 3.25. The fourth-order valence-electron chi connectivity index (χ4n) is 0.755. The van der Waals surface area contributed by atoms with Crippen LogP contribution in [-0.4, -0.2) is 9.55 Å². The second-order valence-electron chi connectivity index (χ2n) is 1.91. The lowest BCUT2D eigenvalue weighted by molar-refractivity contribution is 0.228. The number of hydrogen-bond acceptors (Lipinski definition) is 2. The highest BCUT2D eigenvalue weighted by Gasteiger charge is 1.97. The van der Waals surface area contributed by atoms with Crippen molar-refractivity contribution in [3.8, 4) is 0 Å². The van der Waals surface area contributed by atoms with Gasteiger partial charge in [0.25, 0.3) is 0 Å². The highest BCUT2D eigenvalue weighted by Crippen LogP contribution is 1.99. The zero-order chi connectivity index (χ0) is 8.10. The van der Waals surface area contributed by atoms with Crippen molar-refractivity contribution in [2.45, 2.75) is 6.61 Å². The van der Waals surface area contributed by atoms with Crippen molar-refractivity contribution in [2.75, 3.05) is 0 Å². The molecule has 0 aliphatic carbocycles. The predicted octanol–water partition coefficient (Wildman–Crippen LogP) is 2.07. The van der Waals surface area contributed by atoms with E-state index in [1.807, 2.05) is 6.20 Å². The highest BCUT2D eigenvalue weighted by molar-refractivity contribution is 5.85. The van der Waals surface area contributed by atoms with Crippen molar-refractivity contribution < 1.29 is 4.74 Å². The molecule has 0 spiro atoms. The van der Waals surface area contributed by atoms with Gasteiger partial charge in [-0.1, -0.05) is 13.2 Å². The average molecular weight is 187 g/mol. The summed E-state index contributed by atoms with van der Waals surface area (Å²) >= 11 is 0. The van der Waals surface area contributed by atoms with Gasteiger partial charge in [-0.25, -0.2) is 4.98 Å². The van der Waals surface area contributed by atoms with Crippen molar-refractivity contribution in [1.82, 2.24) is 9.55 Å². The molecule has 0 bridgehead atoms. The maximum Gasteiger partial charge on any atom is 0.150 e. The van der Waals surface area contributed by atoms with Crippen LogP contribution in [0.5, 0.6) is 0 Å². The Morgan fingerprint density at radius 3 is 2.92 bits per heavy atom. The molecule has 66 valence electrons. The summed E-state index contributed by atoms with van der Waals surface area (Å²) in [4.78, 5) is 4.04. The Hall–Kier alpha value is -1.22. The monoisotopic (exact) mass is 186 g/mol. The standard InChI is InChI=1S/C8H10N2O.ClH/c1-3-10-6-5-9-8(10)7-11-4-2;/h3-6H,1-2,7H2;1H. The van der Waals surface area contributed by atoms with Gasteiger partial charge in [-0.3, -0.25) is 0 Å². The van der Waals surface area contributed by atoms with Gasteiger partial charge in [0.05, 0.1) is 6.26 Å². The molecule has 12 heavy (non-hydrogen) atoms. The van der Waals surface area contributed by atoms with Crippen LogP contribution < -0.4 is 0 Å². The molecular formula is C8H11ClN2O. The van der Waals surface area contributed by atoms with Gasteiger partial charge in [-0.05, 0) is 0 Å².